The molecule has 1 aromatic carbocycles. The molecule has 0 radical (unpaired) electrons. The number of rotatable bonds is 3. The maximum absolute atomic E-state index is 13.1. The minimum absolute atomic E-state index is 0.353. The van der Waals surface area contributed by atoms with E-state index in [1.807, 2.05) is 0 Å². The number of nitrogens with zero attached hydrogens (tertiary/aromatic N) is 6. The molecule has 0 saturated heterocycles. The second kappa shape index (κ2) is 8.49. The number of hydrazine groups is 1. The number of para-hydroxylation sites is 1. The third-order valence-corrected chi connectivity index (χ3v) is 4.78. The van der Waals surface area contributed by atoms with Crippen LogP contribution >= 0.6 is 11.6 Å². The maximum atomic E-state index is 13.1. The standard InChI is InChI=1S/C18H23ClN6O2/c1-22(2)25(14-10-6-4-3-5-7-11-14)18(27)24-17(26)23(20-21-24)16-13-9-8-12-15(16)19/h8-10,12-13H,3-7,11H2,1-2H3. The molecule has 1 aliphatic rings. The minimum atomic E-state index is -0.661. The van der Waals surface area contributed by atoms with Crippen molar-refractivity contribution in [2.75, 3.05) is 14.1 Å². The number of allylic oxidation sites excluding steroid dienone is 2. The van der Waals surface area contributed by atoms with Crippen LogP contribution in [0.2, 0.25) is 5.02 Å². The Bertz CT molecular complexity index is 901. The van der Waals surface area contributed by atoms with Gasteiger partial charge in [0.2, 0.25) is 0 Å². The normalized spacial score (nSPS) is 15.2. The van der Waals surface area contributed by atoms with Crippen LogP contribution in [0.5, 0.6) is 0 Å². The first kappa shape index (κ1) is 19.3. The fourth-order valence-corrected chi connectivity index (χ4v) is 3.36. The van der Waals surface area contributed by atoms with E-state index in [-0.39, 0.29) is 0 Å². The molecule has 8 nitrogen and oxygen atoms in total. The predicted molar refractivity (Wildman–Crippen MR) is 103 cm³/mol. The first-order valence-electron chi connectivity index (χ1n) is 9.01. The highest BCUT2D eigenvalue weighted by molar-refractivity contribution is 6.32. The minimum Gasteiger partial charge on any atom is -0.244 e. The van der Waals surface area contributed by atoms with E-state index >= 15 is 0 Å². The molecule has 2 aromatic rings. The molecule has 144 valence electrons. The third kappa shape index (κ3) is 4.12. The first-order chi connectivity index (χ1) is 13.0. The molecule has 3 rings (SSSR count). The Kier molecular flexibility index (Phi) is 6.08. The van der Waals surface area contributed by atoms with Crippen LogP contribution in [0.1, 0.15) is 38.5 Å². The number of carbonyl (C=O) groups is 1. The number of carbonyl (C=O) groups excluding carboxylic acids is 1. The quantitative estimate of drug-likeness (QED) is 0.594. The number of hydrogen-bond donors (Lipinski definition) is 0. The van der Waals surface area contributed by atoms with E-state index in [1.54, 1.807) is 43.4 Å². The maximum Gasteiger partial charge on any atom is 0.377 e. The Balaban J connectivity index is 1.96. The van der Waals surface area contributed by atoms with Crippen LogP contribution in [0.25, 0.3) is 5.69 Å². The summed E-state index contributed by atoms with van der Waals surface area (Å²) in [6.07, 6.45) is 8.19. The van der Waals surface area contributed by atoms with Gasteiger partial charge >= 0.3 is 11.7 Å². The summed E-state index contributed by atoms with van der Waals surface area (Å²) in [6.45, 7) is 0. The van der Waals surface area contributed by atoms with E-state index in [0.717, 1.165) is 47.2 Å². The highest BCUT2D eigenvalue weighted by Crippen LogP contribution is 2.21. The predicted octanol–water partition coefficient (Wildman–Crippen LogP) is 3.07. The molecule has 1 aromatic heterocycles. The van der Waals surface area contributed by atoms with Crippen molar-refractivity contribution in [1.29, 1.82) is 0 Å². The number of halogens is 1. The zero-order valence-electron chi connectivity index (χ0n) is 15.5. The van der Waals surface area contributed by atoms with Crippen molar-refractivity contribution in [3.8, 4) is 5.69 Å². The van der Waals surface area contributed by atoms with Gasteiger partial charge in [0.25, 0.3) is 0 Å². The van der Waals surface area contributed by atoms with E-state index in [0.29, 0.717) is 10.7 Å². The second-order valence-corrected chi connectivity index (χ2v) is 7.03. The van der Waals surface area contributed by atoms with Gasteiger partial charge < -0.3 is 0 Å². The molecule has 0 atom stereocenters. The lowest BCUT2D eigenvalue weighted by Gasteiger charge is -2.30. The van der Waals surface area contributed by atoms with Crippen LogP contribution in [-0.2, 0) is 0 Å². The molecule has 0 unspecified atom stereocenters. The summed E-state index contributed by atoms with van der Waals surface area (Å²) in [5.41, 5.74) is 0.597. The van der Waals surface area contributed by atoms with Gasteiger partial charge in [-0.15, -0.1) is 4.68 Å². The molecule has 1 aliphatic carbocycles. The lowest BCUT2D eigenvalue weighted by atomic mass is 10.0. The van der Waals surface area contributed by atoms with Crippen molar-refractivity contribution in [2.24, 2.45) is 0 Å². The van der Waals surface area contributed by atoms with Gasteiger partial charge in [-0.3, -0.25) is 0 Å². The molecule has 0 fully saturated rings. The van der Waals surface area contributed by atoms with E-state index < -0.39 is 11.7 Å². The SMILES string of the molecule is CN(C)N(C(=O)n1nnn(-c2ccccc2Cl)c1=O)C1=CCCCCCC1. The fourth-order valence-electron chi connectivity index (χ4n) is 3.15. The largest absolute Gasteiger partial charge is 0.377 e. The van der Waals surface area contributed by atoms with E-state index in [2.05, 4.69) is 16.5 Å². The molecule has 27 heavy (non-hydrogen) atoms. The molecular weight excluding hydrogens is 368 g/mol. The van der Waals surface area contributed by atoms with Crippen molar-refractivity contribution < 1.29 is 4.79 Å². The molecule has 0 aliphatic heterocycles. The van der Waals surface area contributed by atoms with Crippen molar-refractivity contribution in [3.63, 3.8) is 0 Å². The monoisotopic (exact) mass is 390 g/mol. The smallest absolute Gasteiger partial charge is 0.244 e. The Morgan fingerprint density at radius 3 is 2.59 bits per heavy atom. The van der Waals surface area contributed by atoms with Crippen LogP contribution < -0.4 is 5.69 Å². The summed E-state index contributed by atoms with van der Waals surface area (Å²) < 4.78 is 1.80. The summed E-state index contributed by atoms with van der Waals surface area (Å²) >= 11 is 6.14. The molecule has 0 saturated carbocycles. The summed E-state index contributed by atoms with van der Waals surface area (Å²) in [5, 5.41) is 11.1. The second-order valence-electron chi connectivity index (χ2n) is 6.63. The van der Waals surface area contributed by atoms with Crippen LogP contribution in [-0.4, -0.2) is 49.9 Å². The van der Waals surface area contributed by atoms with Crippen molar-refractivity contribution in [1.82, 2.24) is 29.8 Å². The van der Waals surface area contributed by atoms with Gasteiger partial charge in [0, 0.05) is 19.8 Å². The zero-order chi connectivity index (χ0) is 19.4. The number of tetrazole rings is 1. The van der Waals surface area contributed by atoms with Gasteiger partial charge in [0.15, 0.2) is 0 Å². The summed E-state index contributed by atoms with van der Waals surface area (Å²) in [5.74, 6) is 0. The average Bonchev–Trinajstić information content (AvgIpc) is 2.98. The van der Waals surface area contributed by atoms with Gasteiger partial charge in [0.05, 0.1) is 10.7 Å². The Labute approximate surface area is 162 Å². The van der Waals surface area contributed by atoms with Gasteiger partial charge in [0.1, 0.15) is 0 Å². The van der Waals surface area contributed by atoms with E-state index in [1.165, 1.54) is 11.4 Å². The van der Waals surface area contributed by atoms with Gasteiger partial charge in [-0.2, -0.15) is 4.68 Å². The van der Waals surface area contributed by atoms with Gasteiger partial charge in [-0.1, -0.05) is 42.7 Å². The fraction of sp³-hybridized carbons (Fsp3) is 0.444. The van der Waals surface area contributed by atoms with Crippen LogP contribution in [0.3, 0.4) is 0 Å². The molecule has 0 bridgehead atoms. The number of aromatic nitrogens is 4. The highest BCUT2D eigenvalue weighted by atomic mass is 35.5. The molecule has 1 heterocycles. The van der Waals surface area contributed by atoms with Crippen LogP contribution in [0.15, 0.2) is 40.8 Å². The Hall–Kier alpha value is -2.45. The summed E-state index contributed by atoms with van der Waals surface area (Å²) in [4.78, 5) is 25.8. The van der Waals surface area contributed by atoms with Gasteiger partial charge in [-0.05, 0) is 48.2 Å². The highest BCUT2D eigenvalue weighted by Gasteiger charge is 2.26. The van der Waals surface area contributed by atoms with Crippen molar-refractivity contribution in [2.45, 2.75) is 38.5 Å². The van der Waals surface area contributed by atoms with Crippen molar-refractivity contribution in [3.05, 3.63) is 51.5 Å². The topological polar surface area (TPSA) is 76.3 Å². The Morgan fingerprint density at radius 1 is 1.11 bits per heavy atom. The van der Waals surface area contributed by atoms with Crippen LogP contribution in [0.4, 0.5) is 4.79 Å². The van der Waals surface area contributed by atoms with E-state index in [9.17, 15) is 9.59 Å². The third-order valence-electron chi connectivity index (χ3n) is 4.46. The zero-order valence-corrected chi connectivity index (χ0v) is 16.3. The van der Waals surface area contributed by atoms with E-state index in [4.69, 9.17) is 11.6 Å². The summed E-state index contributed by atoms with van der Waals surface area (Å²) in [7, 11) is 3.53. The molecule has 9 heteroatoms. The molecule has 0 spiro atoms. The van der Waals surface area contributed by atoms with Crippen molar-refractivity contribution >= 4 is 17.6 Å². The molecule has 0 N–H and O–H groups in total. The average molecular weight is 391 g/mol. The van der Waals surface area contributed by atoms with Crippen LogP contribution in [0, 0.1) is 0 Å². The van der Waals surface area contributed by atoms with Gasteiger partial charge in [-0.25, -0.2) is 19.6 Å². The Morgan fingerprint density at radius 2 is 1.85 bits per heavy atom. The first-order valence-corrected chi connectivity index (χ1v) is 9.39. The number of hydrogen-bond acceptors (Lipinski definition) is 5. The lowest BCUT2D eigenvalue weighted by molar-refractivity contribution is 0.0885. The molecular formula is C18H23ClN6O2. The summed E-state index contributed by atoms with van der Waals surface area (Å²) in [6, 6.07) is 6.22. The number of amides is 1. The molecule has 1 amide bonds. The lowest BCUT2D eigenvalue weighted by Crippen LogP contribution is -2.47. The number of benzene rings is 1.